The van der Waals surface area contributed by atoms with Crippen LogP contribution in [0.4, 0.5) is 0 Å². The fourth-order valence-electron chi connectivity index (χ4n) is 0.709. The average molecular weight is 140 g/mol. The number of ether oxygens (including phenoxy) is 1. The maximum Gasteiger partial charge on any atom is 0.234 e. The lowest BCUT2D eigenvalue weighted by molar-refractivity contribution is -0.908. The number of hydrogen-bond acceptors (Lipinski definition) is 2. The second-order valence-electron chi connectivity index (χ2n) is 2.05. The van der Waals surface area contributed by atoms with Crippen LogP contribution >= 0.6 is 0 Å². The van der Waals surface area contributed by atoms with Crippen molar-refractivity contribution in [3.63, 3.8) is 0 Å². The molecule has 0 saturated heterocycles. The van der Waals surface area contributed by atoms with Gasteiger partial charge in [0.1, 0.15) is 5.75 Å². The number of hydrogen-bond donors (Lipinski definition) is 1. The van der Waals surface area contributed by atoms with E-state index in [9.17, 15) is 0 Å². The number of nitrogens with zero attached hydrogens (tertiary/aromatic N) is 1. The van der Waals surface area contributed by atoms with Gasteiger partial charge >= 0.3 is 0 Å². The molecule has 0 aliphatic rings. The first kappa shape index (κ1) is 6.86. The summed E-state index contributed by atoms with van der Waals surface area (Å²) in [5.74, 6) is 0.753. The molecule has 0 spiro atoms. The summed E-state index contributed by atoms with van der Waals surface area (Å²) in [5, 5.41) is 9.00. The van der Waals surface area contributed by atoms with Gasteiger partial charge in [-0.2, -0.15) is 0 Å². The van der Waals surface area contributed by atoms with E-state index in [4.69, 9.17) is 9.94 Å². The molecule has 0 saturated carbocycles. The maximum absolute atomic E-state index is 9.00. The minimum atomic E-state index is 0.749. The number of rotatable bonds is 1. The van der Waals surface area contributed by atoms with Crippen molar-refractivity contribution in [2.24, 2.45) is 0 Å². The van der Waals surface area contributed by atoms with Crippen molar-refractivity contribution < 1.29 is 14.7 Å². The molecule has 1 N–H and O–H groups in total. The fourth-order valence-corrected chi connectivity index (χ4v) is 0.709. The normalized spacial score (nSPS) is 9.40. The van der Waals surface area contributed by atoms with Crippen LogP contribution in [0.5, 0.6) is 5.75 Å². The summed E-state index contributed by atoms with van der Waals surface area (Å²) in [6.07, 6.45) is 1.54. The van der Waals surface area contributed by atoms with E-state index in [-0.39, 0.29) is 0 Å². The van der Waals surface area contributed by atoms with Crippen LogP contribution in [-0.4, -0.2) is 12.3 Å². The third kappa shape index (κ3) is 1.18. The van der Waals surface area contributed by atoms with E-state index in [1.165, 1.54) is 6.20 Å². The molecule has 54 valence electrons. The molecule has 10 heavy (non-hydrogen) atoms. The van der Waals surface area contributed by atoms with E-state index in [0.29, 0.717) is 0 Å². The molecule has 0 aromatic carbocycles. The zero-order valence-electron chi connectivity index (χ0n) is 6.03. The van der Waals surface area contributed by atoms with E-state index in [2.05, 4.69) is 0 Å². The Kier molecular flexibility index (Phi) is 1.76. The summed E-state index contributed by atoms with van der Waals surface area (Å²) in [5.41, 5.74) is 0.749. The van der Waals surface area contributed by atoms with Gasteiger partial charge in [0.2, 0.25) is 11.9 Å². The van der Waals surface area contributed by atoms with Gasteiger partial charge in [0.05, 0.1) is 13.2 Å². The van der Waals surface area contributed by atoms with Crippen molar-refractivity contribution in [1.82, 2.24) is 0 Å². The lowest BCUT2D eigenvalue weighted by atomic mass is 10.3. The largest absolute Gasteiger partial charge is 0.496 e. The van der Waals surface area contributed by atoms with E-state index in [1.807, 2.05) is 0 Å². The summed E-state index contributed by atoms with van der Waals surface area (Å²) >= 11 is 0. The topological polar surface area (TPSA) is 33.3 Å². The predicted molar refractivity (Wildman–Crippen MR) is 35.1 cm³/mol. The number of methoxy groups -OCH3 is 1. The van der Waals surface area contributed by atoms with Crippen LogP contribution in [-0.2, 0) is 0 Å². The smallest absolute Gasteiger partial charge is 0.234 e. The van der Waals surface area contributed by atoms with Crippen LogP contribution in [0.15, 0.2) is 18.3 Å². The Hall–Kier alpha value is -1.25. The zero-order valence-corrected chi connectivity index (χ0v) is 6.03. The van der Waals surface area contributed by atoms with Gasteiger partial charge in [0, 0.05) is 17.7 Å². The molecule has 1 heterocycles. The first-order valence-corrected chi connectivity index (χ1v) is 2.99. The summed E-state index contributed by atoms with van der Waals surface area (Å²) in [4.78, 5) is 0. The standard InChI is InChI=1S/C7H10NO2/c1-6-5-7(10-2)3-4-8(6)9/h3-5,9H,1-2H3/q+1. The molecular formula is C7H10NO2+. The van der Waals surface area contributed by atoms with Crippen LogP contribution < -0.4 is 9.47 Å². The van der Waals surface area contributed by atoms with E-state index < -0.39 is 0 Å². The molecule has 0 amide bonds. The molecular weight excluding hydrogens is 130 g/mol. The molecule has 0 aliphatic carbocycles. The molecule has 1 aromatic heterocycles. The van der Waals surface area contributed by atoms with Crippen LogP contribution in [0.2, 0.25) is 0 Å². The second-order valence-corrected chi connectivity index (χ2v) is 2.05. The van der Waals surface area contributed by atoms with Gasteiger partial charge in [0.25, 0.3) is 0 Å². The van der Waals surface area contributed by atoms with Crippen molar-refractivity contribution in [3.8, 4) is 5.75 Å². The lowest BCUT2D eigenvalue weighted by Crippen LogP contribution is -2.32. The van der Waals surface area contributed by atoms with Crippen molar-refractivity contribution in [1.29, 1.82) is 0 Å². The van der Waals surface area contributed by atoms with Gasteiger partial charge in [-0.05, 0) is 0 Å². The van der Waals surface area contributed by atoms with Crippen molar-refractivity contribution in [3.05, 3.63) is 24.0 Å². The Morgan fingerprint density at radius 2 is 2.30 bits per heavy atom. The lowest BCUT2D eigenvalue weighted by Gasteiger charge is -1.95. The highest BCUT2D eigenvalue weighted by molar-refractivity contribution is 5.18. The Morgan fingerprint density at radius 3 is 2.80 bits per heavy atom. The quantitative estimate of drug-likeness (QED) is 0.456. The van der Waals surface area contributed by atoms with E-state index in [0.717, 1.165) is 16.2 Å². The van der Waals surface area contributed by atoms with Gasteiger partial charge < -0.3 is 4.74 Å². The minimum Gasteiger partial charge on any atom is -0.496 e. The highest BCUT2D eigenvalue weighted by Gasteiger charge is 2.03. The van der Waals surface area contributed by atoms with Gasteiger partial charge in [0.15, 0.2) is 0 Å². The van der Waals surface area contributed by atoms with Crippen LogP contribution in [0.3, 0.4) is 0 Å². The molecule has 1 aromatic rings. The molecule has 1 rings (SSSR count). The van der Waals surface area contributed by atoms with Gasteiger partial charge in [-0.3, -0.25) is 5.21 Å². The Balaban J connectivity index is 3.04. The van der Waals surface area contributed by atoms with Gasteiger partial charge in [-0.15, -0.1) is 0 Å². The van der Waals surface area contributed by atoms with Gasteiger partial charge in [-0.1, -0.05) is 0 Å². The molecule has 0 radical (unpaired) electrons. The molecule has 3 heteroatoms. The van der Waals surface area contributed by atoms with E-state index in [1.54, 1.807) is 26.2 Å². The van der Waals surface area contributed by atoms with Crippen LogP contribution in [0.1, 0.15) is 5.69 Å². The monoisotopic (exact) mass is 140 g/mol. The predicted octanol–water partition coefficient (Wildman–Crippen LogP) is 0.528. The molecule has 0 bridgehead atoms. The van der Waals surface area contributed by atoms with Crippen molar-refractivity contribution in [2.75, 3.05) is 7.11 Å². The van der Waals surface area contributed by atoms with Crippen molar-refractivity contribution in [2.45, 2.75) is 6.92 Å². The molecule has 0 fully saturated rings. The zero-order chi connectivity index (χ0) is 7.56. The second kappa shape index (κ2) is 2.56. The van der Waals surface area contributed by atoms with Gasteiger partial charge in [-0.25, -0.2) is 0 Å². The fraction of sp³-hybridized carbons (Fsp3) is 0.286. The molecule has 0 atom stereocenters. The number of aryl methyl sites for hydroxylation is 1. The Morgan fingerprint density at radius 1 is 1.60 bits per heavy atom. The van der Waals surface area contributed by atoms with Crippen LogP contribution in [0.25, 0.3) is 0 Å². The summed E-state index contributed by atoms with van der Waals surface area (Å²) in [6, 6.07) is 3.44. The molecule has 3 nitrogen and oxygen atoms in total. The Bertz CT molecular complexity index is 235. The minimum absolute atomic E-state index is 0.749. The first-order valence-electron chi connectivity index (χ1n) is 2.99. The van der Waals surface area contributed by atoms with Crippen molar-refractivity contribution >= 4 is 0 Å². The Labute approximate surface area is 59.5 Å². The third-order valence-electron chi connectivity index (χ3n) is 1.33. The average Bonchev–Trinajstić information content (AvgIpc) is 1.95. The SMILES string of the molecule is COc1cc[n+](O)c(C)c1. The first-order chi connectivity index (χ1) is 4.74. The number of pyridine rings is 1. The highest BCUT2D eigenvalue weighted by atomic mass is 16.5. The van der Waals surface area contributed by atoms with Crippen LogP contribution in [0, 0.1) is 6.92 Å². The molecule has 0 unspecified atom stereocenters. The summed E-state index contributed by atoms with van der Waals surface area (Å²) < 4.78 is 5.97. The van der Waals surface area contributed by atoms with E-state index >= 15 is 0 Å². The third-order valence-corrected chi connectivity index (χ3v) is 1.33. The summed E-state index contributed by atoms with van der Waals surface area (Å²) in [7, 11) is 1.59. The number of aromatic nitrogens is 1. The summed E-state index contributed by atoms with van der Waals surface area (Å²) in [6.45, 7) is 1.79. The highest BCUT2D eigenvalue weighted by Crippen LogP contribution is 2.06. The molecule has 0 aliphatic heterocycles. The maximum atomic E-state index is 9.00.